The third-order valence-corrected chi connectivity index (χ3v) is 13.4. The first-order valence-corrected chi connectivity index (χ1v) is 15.3. The highest BCUT2D eigenvalue weighted by Gasteiger charge is 2.16. The molecule has 0 nitrogen and oxygen atoms in total. The smallest absolute Gasteiger partial charge is 0.106 e. The van der Waals surface area contributed by atoms with E-state index in [4.69, 9.17) is 0 Å². The van der Waals surface area contributed by atoms with Crippen LogP contribution < -0.4 is 0 Å². The maximum Gasteiger partial charge on any atom is 0.148 e. The van der Waals surface area contributed by atoms with Crippen LogP contribution in [-0.2, 0) is 0 Å². The van der Waals surface area contributed by atoms with E-state index in [1.807, 2.05) is 34.2 Å². The van der Waals surface area contributed by atoms with Gasteiger partial charge in [0, 0.05) is 0 Å². The minimum atomic E-state index is -1.75. The van der Waals surface area contributed by atoms with Gasteiger partial charge in [0.05, 0.1) is 19.0 Å². The van der Waals surface area contributed by atoms with Crippen LogP contribution in [0.5, 0.6) is 0 Å². The Morgan fingerprint density at radius 1 is 0.455 bits per heavy atom. The molecular formula is C18H28Si4. The summed E-state index contributed by atoms with van der Waals surface area (Å²) in [6.45, 7) is 23.4. The van der Waals surface area contributed by atoms with Crippen molar-refractivity contribution in [3.05, 3.63) is 108 Å². The average Bonchev–Trinajstić information content (AvgIpc) is 2.58. The second kappa shape index (κ2) is 11.1. The molecular weight excluding hydrogens is 329 g/mol. The van der Waals surface area contributed by atoms with Gasteiger partial charge in [0.15, 0.2) is 0 Å². The zero-order valence-corrected chi connectivity index (χ0v) is 18.4. The van der Waals surface area contributed by atoms with E-state index < -0.39 is 16.1 Å². The molecule has 0 aromatic rings. The summed E-state index contributed by atoms with van der Waals surface area (Å²) in [6.07, 6.45) is 0. The summed E-state index contributed by atoms with van der Waals surface area (Å²) in [6, 6.07) is 0. The van der Waals surface area contributed by atoms with E-state index in [9.17, 15) is 0 Å². The maximum absolute atomic E-state index is 3.90. The zero-order valence-electron chi connectivity index (χ0n) is 13.6. The number of rotatable bonds is 12. The van der Waals surface area contributed by atoms with E-state index in [-0.39, 0.29) is 19.0 Å². The topological polar surface area (TPSA) is 0 Å². The predicted molar refractivity (Wildman–Crippen MR) is 117 cm³/mol. The molecule has 4 heteroatoms. The molecule has 0 fully saturated rings. The van der Waals surface area contributed by atoms with Gasteiger partial charge in [-0.15, -0.1) is 62.3 Å². The van der Waals surface area contributed by atoms with Crippen LogP contribution >= 0.6 is 0 Å². The quantitative estimate of drug-likeness (QED) is 0.471. The lowest BCUT2D eigenvalue weighted by Crippen LogP contribution is -2.24. The van der Waals surface area contributed by atoms with Crippen molar-refractivity contribution in [3.8, 4) is 0 Å². The van der Waals surface area contributed by atoms with Gasteiger partial charge in [-0.3, -0.25) is 0 Å². The number of hydrogen-bond acceptors (Lipinski definition) is 0. The Morgan fingerprint density at radius 2 is 0.727 bits per heavy atom. The molecule has 0 rings (SSSR count). The lowest BCUT2D eigenvalue weighted by Gasteiger charge is -2.13. The molecule has 0 atom stereocenters. The Morgan fingerprint density at radius 3 is 0.955 bits per heavy atom. The SMILES string of the molecule is C=C[Si](C=C)(C=C)C=C[SiH2]C=C[SiH2]C=C[Si](C=C)(C=C)C=C. The summed E-state index contributed by atoms with van der Waals surface area (Å²) in [5, 5.41) is 0. The molecule has 0 amide bonds. The Kier molecular flexibility index (Phi) is 10.4. The van der Waals surface area contributed by atoms with Gasteiger partial charge in [0.2, 0.25) is 0 Å². The third kappa shape index (κ3) is 6.53. The molecule has 0 aromatic heterocycles. The average molecular weight is 357 g/mol. The van der Waals surface area contributed by atoms with Crippen molar-refractivity contribution >= 4 is 35.2 Å². The van der Waals surface area contributed by atoms with Crippen LogP contribution in [0.2, 0.25) is 0 Å². The van der Waals surface area contributed by atoms with E-state index in [2.05, 4.69) is 73.7 Å². The van der Waals surface area contributed by atoms with E-state index >= 15 is 0 Å². The zero-order chi connectivity index (χ0) is 16.9. The standard InChI is InChI=1S/C18H28Si4/c1-7-21(8-2,9-3)17-15-19-13-14-20-16-18-22(10-4,11-5)12-6/h7-18H,1-6,19-20H2. The first-order chi connectivity index (χ1) is 10.6. The van der Waals surface area contributed by atoms with Gasteiger partial charge in [-0.2, -0.15) is 0 Å². The van der Waals surface area contributed by atoms with E-state index in [0.29, 0.717) is 0 Å². The van der Waals surface area contributed by atoms with Crippen molar-refractivity contribution in [2.24, 2.45) is 0 Å². The molecule has 0 N–H and O–H groups in total. The van der Waals surface area contributed by atoms with Crippen molar-refractivity contribution in [3.63, 3.8) is 0 Å². The van der Waals surface area contributed by atoms with Crippen molar-refractivity contribution in [1.29, 1.82) is 0 Å². The highest BCUT2D eigenvalue weighted by molar-refractivity contribution is 6.98. The van der Waals surface area contributed by atoms with Gasteiger partial charge in [0.25, 0.3) is 0 Å². The predicted octanol–water partition coefficient (Wildman–Crippen LogP) is 3.15. The summed E-state index contributed by atoms with van der Waals surface area (Å²) in [7, 11) is -4.09. The fraction of sp³-hybridized carbons (Fsp3) is 0. The molecule has 0 unspecified atom stereocenters. The van der Waals surface area contributed by atoms with Crippen LogP contribution in [0.1, 0.15) is 0 Å². The molecule has 116 valence electrons. The van der Waals surface area contributed by atoms with Crippen molar-refractivity contribution < 1.29 is 0 Å². The minimum absolute atomic E-state index is 0.292. The molecule has 22 heavy (non-hydrogen) atoms. The van der Waals surface area contributed by atoms with Crippen LogP contribution in [0, 0.1) is 0 Å². The summed E-state index contributed by atoms with van der Waals surface area (Å²) < 4.78 is 0. The second-order valence-corrected chi connectivity index (χ2v) is 14.9. The fourth-order valence-electron chi connectivity index (χ4n) is 1.80. The summed E-state index contributed by atoms with van der Waals surface area (Å²) in [5.41, 5.74) is 25.9. The first kappa shape index (κ1) is 20.5. The lowest BCUT2D eigenvalue weighted by atomic mass is 11.2. The van der Waals surface area contributed by atoms with Gasteiger partial charge in [-0.05, 0) is 0 Å². The van der Waals surface area contributed by atoms with Crippen molar-refractivity contribution in [2.45, 2.75) is 0 Å². The molecule has 0 heterocycles. The summed E-state index contributed by atoms with van der Waals surface area (Å²) in [4.78, 5) is 0. The molecule has 0 aromatic carbocycles. The molecule has 0 aliphatic carbocycles. The molecule has 0 saturated carbocycles. The van der Waals surface area contributed by atoms with Crippen molar-refractivity contribution in [1.82, 2.24) is 0 Å². The van der Waals surface area contributed by atoms with Crippen LogP contribution in [0.15, 0.2) is 108 Å². The van der Waals surface area contributed by atoms with Crippen LogP contribution in [0.3, 0.4) is 0 Å². The monoisotopic (exact) mass is 356 g/mol. The summed E-state index contributed by atoms with van der Waals surface area (Å²) >= 11 is 0. The Bertz CT molecular complexity index is 420. The van der Waals surface area contributed by atoms with Crippen LogP contribution in [0.4, 0.5) is 0 Å². The van der Waals surface area contributed by atoms with E-state index in [1.54, 1.807) is 0 Å². The highest BCUT2D eigenvalue weighted by Crippen LogP contribution is 2.09. The Labute approximate surface area is 143 Å². The normalized spacial score (nSPS) is 13.6. The lowest BCUT2D eigenvalue weighted by molar-refractivity contribution is 2.05. The fourth-order valence-corrected chi connectivity index (χ4v) is 9.83. The number of hydrogen-bond donors (Lipinski definition) is 0. The Hall–Kier alpha value is -1.47. The maximum atomic E-state index is 3.90. The van der Waals surface area contributed by atoms with Crippen molar-refractivity contribution in [2.75, 3.05) is 0 Å². The molecule has 0 spiro atoms. The molecule has 0 radical (unpaired) electrons. The van der Waals surface area contributed by atoms with Gasteiger partial charge < -0.3 is 0 Å². The summed E-state index contributed by atoms with van der Waals surface area (Å²) in [5.74, 6) is 0. The molecule has 0 bridgehead atoms. The van der Waals surface area contributed by atoms with Gasteiger partial charge in [-0.1, -0.05) is 45.6 Å². The van der Waals surface area contributed by atoms with Crippen LogP contribution in [-0.4, -0.2) is 35.2 Å². The van der Waals surface area contributed by atoms with Crippen LogP contribution in [0.25, 0.3) is 0 Å². The second-order valence-electron chi connectivity index (χ2n) is 4.97. The Balaban J connectivity index is 4.43. The molecule has 0 aliphatic rings. The molecule has 0 saturated heterocycles. The van der Waals surface area contributed by atoms with Gasteiger partial charge >= 0.3 is 0 Å². The first-order valence-electron chi connectivity index (χ1n) is 7.39. The van der Waals surface area contributed by atoms with E-state index in [1.165, 1.54) is 0 Å². The minimum Gasteiger partial charge on any atom is -0.106 e. The third-order valence-electron chi connectivity index (χ3n) is 3.65. The van der Waals surface area contributed by atoms with Gasteiger partial charge in [0.1, 0.15) is 16.1 Å². The van der Waals surface area contributed by atoms with E-state index in [0.717, 1.165) is 0 Å². The molecule has 0 aliphatic heterocycles. The largest absolute Gasteiger partial charge is 0.148 e. The van der Waals surface area contributed by atoms with Gasteiger partial charge in [-0.25, -0.2) is 0 Å². The highest BCUT2D eigenvalue weighted by atomic mass is 28.3.